The SMILES string of the molecule is CCCNc1ncc(C(=O)NC(C)C2CCC2)cc1Cl. The van der Waals surface area contributed by atoms with Crippen LogP contribution in [-0.4, -0.2) is 23.5 Å². The number of rotatable bonds is 6. The van der Waals surface area contributed by atoms with Crippen molar-refractivity contribution in [3.05, 3.63) is 22.8 Å². The van der Waals surface area contributed by atoms with Gasteiger partial charge in [0.25, 0.3) is 5.91 Å². The number of hydrogen-bond acceptors (Lipinski definition) is 3. The van der Waals surface area contributed by atoms with Crippen LogP contribution in [0.3, 0.4) is 0 Å². The number of carbonyl (C=O) groups excluding carboxylic acids is 1. The minimum absolute atomic E-state index is 0.0964. The highest BCUT2D eigenvalue weighted by Crippen LogP contribution is 2.29. The predicted octanol–water partition coefficient (Wildman–Crippen LogP) is 3.48. The molecule has 1 amide bonds. The van der Waals surface area contributed by atoms with Crippen LogP contribution in [0.15, 0.2) is 12.3 Å². The lowest BCUT2D eigenvalue weighted by Crippen LogP contribution is -2.40. The van der Waals surface area contributed by atoms with Gasteiger partial charge in [0.2, 0.25) is 0 Å². The van der Waals surface area contributed by atoms with Crippen molar-refractivity contribution in [1.29, 1.82) is 0 Å². The predicted molar refractivity (Wildman–Crippen MR) is 82.3 cm³/mol. The molecule has 0 bridgehead atoms. The highest BCUT2D eigenvalue weighted by Gasteiger charge is 2.25. The number of aromatic nitrogens is 1. The van der Waals surface area contributed by atoms with Gasteiger partial charge in [0.05, 0.1) is 10.6 Å². The summed E-state index contributed by atoms with van der Waals surface area (Å²) >= 11 is 6.14. The Bertz CT molecular complexity index is 474. The monoisotopic (exact) mass is 295 g/mol. The van der Waals surface area contributed by atoms with E-state index in [1.54, 1.807) is 12.3 Å². The van der Waals surface area contributed by atoms with Crippen LogP contribution in [0.25, 0.3) is 0 Å². The fourth-order valence-corrected chi connectivity index (χ4v) is 2.52. The minimum atomic E-state index is -0.0964. The molecule has 2 rings (SSSR count). The van der Waals surface area contributed by atoms with Crippen molar-refractivity contribution in [2.75, 3.05) is 11.9 Å². The second kappa shape index (κ2) is 6.93. The van der Waals surface area contributed by atoms with Crippen LogP contribution >= 0.6 is 11.6 Å². The highest BCUT2D eigenvalue weighted by atomic mass is 35.5. The van der Waals surface area contributed by atoms with Gasteiger partial charge in [-0.1, -0.05) is 24.9 Å². The molecule has 0 radical (unpaired) electrons. The second-order valence-corrected chi connectivity index (χ2v) is 5.84. The molecule has 5 heteroatoms. The third-order valence-corrected chi connectivity index (χ3v) is 4.15. The second-order valence-electron chi connectivity index (χ2n) is 5.43. The molecule has 1 atom stereocenters. The Morgan fingerprint density at radius 3 is 2.85 bits per heavy atom. The standard InChI is InChI=1S/C15H22ClN3O/c1-3-7-17-14-13(16)8-12(9-18-14)15(20)19-10(2)11-5-4-6-11/h8-11H,3-7H2,1-2H3,(H,17,18)(H,19,20). The topological polar surface area (TPSA) is 54.0 Å². The summed E-state index contributed by atoms with van der Waals surface area (Å²) in [7, 11) is 0. The Morgan fingerprint density at radius 1 is 1.55 bits per heavy atom. The summed E-state index contributed by atoms with van der Waals surface area (Å²) in [4.78, 5) is 16.4. The molecule has 0 saturated heterocycles. The number of hydrogen-bond donors (Lipinski definition) is 2. The molecule has 110 valence electrons. The van der Waals surface area contributed by atoms with E-state index in [4.69, 9.17) is 11.6 Å². The number of pyridine rings is 1. The Labute approximate surface area is 125 Å². The van der Waals surface area contributed by atoms with Crippen molar-refractivity contribution >= 4 is 23.3 Å². The lowest BCUT2D eigenvalue weighted by molar-refractivity contribution is 0.0909. The van der Waals surface area contributed by atoms with E-state index in [-0.39, 0.29) is 11.9 Å². The molecule has 0 aliphatic heterocycles. The number of nitrogens with zero attached hydrogens (tertiary/aromatic N) is 1. The smallest absolute Gasteiger partial charge is 0.253 e. The van der Waals surface area contributed by atoms with Gasteiger partial charge in [0, 0.05) is 18.8 Å². The summed E-state index contributed by atoms with van der Waals surface area (Å²) < 4.78 is 0. The molecule has 0 aromatic carbocycles. The molecule has 0 spiro atoms. The first kappa shape index (κ1) is 15.1. The summed E-state index contributed by atoms with van der Waals surface area (Å²) in [5, 5.41) is 6.65. The average Bonchev–Trinajstić information content (AvgIpc) is 2.35. The van der Waals surface area contributed by atoms with Crippen LogP contribution in [0.1, 0.15) is 49.9 Å². The van der Waals surface area contributed by atoms with Crippen molar-refractivity contribution in [2.45, 2.75) is 45.6 Å². The van der Waals surface area contributed by atoms with Crippen molar-refractivity contribution < 1.29 is 4.79 Å². The van der Waals surface area contributed by atoms with Gasteiger partial charge in [-0.05, 0) is 38.2 Å². The molecule has 1 heterocycles. The minimum Gasteiger partial charge on any atom is -0.369 e. The van der Waals surface area contributed by atoms with Gasteiger partial charge in [-0.2, -0.15) is 0 Å². The van der Waals surface area contributed by atoms with Crippen LogP contribution in [0.5, 0.6) is 0 Å². The molecule has 1 saturated carbocycles. The van der Waals surface area contributed by atoms with E-state index < -0.39 is 0 Å². The van der Waals surface area contributed by atoms with E-state index >= 15 is 0 Å². The Hall–Kier alpha value is -1.29. The molecule has 1 unspecified atom stereocenters. The Morgan fingerprint density at radius 2 is 2.30 bits per heavy atom. The van der Waals surface area contributed by atoms with Gasteiger partial charge < -0.3 is 10.6 Å². The highest BCUT2D eigenvalue weighted by molar-refractivity contribution is 6.33. The third kappa shape index (κ3) is 3.63. The van der Waals surface area contributed by atoms with Crippen molar-refractivity contribution in [3.63, 3.8) is 0 Å². The molecule has 4 nitrogen and oxygen atoms in total. The quantitative estimate of drug-likeness (QED) is 0.845. The third-order valence-electron chi connectivity index (χ3n) is 3.86. The molecule has 1 fully saturated rings. The van der Waals surface area contributed by atoms with E-state index in [1.807, 2.05) is 0 Å². The first-order chi connectivity index (χ1) is 9.61. The maximum absolute atomic E-state index is 12.1. The fourth-order valence-electron chi connectivity index (χ4n) is 2.28. The van der Waals surface area contributed by atoms with Crippen molar-refractivity contribution in [2.24, 2.45) is 5.92 Å². The van der Waals surface area contributed by atoms with Crippen LogP contribution < -0.4 is 10.6 Å². The number of amides is 1. The largest absolute Gasteiger partial charge is 0.369 e. The number of nitrogens with one attached hydrogen (secondary N) is 2. The molecule has 1 aliphatic carbocycles. The zero-order valence-corrected chi connectivity index (χ0v) is 12.8. The summed E-state index contributed by atoms with van der Waals surface area (Å²) in [5.74, 6) is 1.16. The molecule has 2 N–H and O–H groups in total. The number of anilines is 1. The Kier molecular flexibility index (Phi) is 5.24. The van der Waals surface area contributed by atoms with Gasteiger partial charge in [-0.3, -0.25) is 4.79 Å². The average molecular weight is 296 g/mol. The first-order valence-electron chi connectivity index (χ1n) is 7.32. The zero-order valence-electron chi connectivity index (χ0n) is 12.1. The summed E-state index contributed by atoms with van der Waals surface area (Å²) in [6.07, 6.45) is 6.27. The van der Waals surface area contributed by atoms with Gasteiger partial charge in [-0.15, -0.1) is 0 Å². The summed E-state index contributed by atoms with van der Waals surface area (Å²) in [6, 6.07) is 1.89. The van der Waals surface area contributed by atoms with Crippen LogP contribution in [-0.2, 0) is 0 Å². The normalized spacial score (nSPS) is 16.4. The lowest BCUT2D eigenvalue weighted by atomic mass is 9.80. The molecule has 1 aliphatic rings. The van der Waals surface area contributed by atoms with E-state index in [9.17, 15) is 4.79 Å². The van der Waals surface area contributed by atoms with E-state index in [1.165, 1.54) is 19.3 Å². The zero-order chi connectivity index (χ0) is 14.5. The molecular weight excluding hydrogens is 274 g/mol. The van der Waals surface area contributed by atoms with Gasteiger partial charge in [-0.25, -0.2) is 4.98 Å². The first-order valence-corrected chi connectivity index (χ1v) is 7.70. The summed E-state index contributed by atoms with van der Waals surface area (Å²) in [5.41, 5.74) is 0.517. The maximum Gasteiger partial charge on any atom is 0.253 e. The molecule has 1 aromatic rings. The van der Waals surface area contributed by atoms with Crippen molar-refractivity contribution in [1.82, 2.24) is 10.3 Å². The van der Waals surface area contributed by atoms with Crippen molar-refractivity contribution in [3.8, 4) is 0 Å². The molecular formula is C15H22ClN3O. The summed E-state index contributed by atoms with van der Waals surface area (Å²) in [6.45, 7) is 4.95. The van der Waals surface area contributed by atoms with Crippen LogP contribution in [0, 0.1) is 5.92 Å². The fraction of sp³-hybridized carbons (Fsp3) is 0.600. The van der Waals surface area contributed by atoms with Crippen LogP contribution in [0.4, 0.5) is 5.82 Å². The van der Waals surface area contributed by atoms with E-state index in [0.29, 0.717) is 22.3 Å². The van der Waals surface area contributed by atoms with E-state index in [0.717, 1.165) is 13.0 Å². The van der Waals surface area contributed by atoms with Gasteiger partial charge in [0.1, 0.15) is 5.82 Å². The lowest BCUT2D eigenvalue weighted by Gasteiger charge is -2.31. The Balaban J connectivity index is 1.97. The number of carbonyl (C=O) groups is 1. The van der Waals surface area contributed by atoms with Gasteiger partial charge in [0.15, 0.2) is 0 Å². The molecule has 20 heavy (non-hydrogen) atoms. The van der Waals surface area contributed by atoms with Gasteiger partial charge >= 0.3 is 0 Å². The maximum atomic E-state index is 12.1. The molecule has 1 aromatic heterocycles. The van der Waals surface area contributed by atoms with E-state index in [2.05, 4.69) is 29.5 Å². The van der Waals surface area contributed by atoms with Crippen LogP contribution in [0.2, 0.25) is 5.02 Å². The number of halogens is 1.